The van der Waals surface area contributed by atoms with Gasteiger partial charge in [0.2, 0.25) is 5.91 Å². The molecule has 0 radical (unpaired) electrons. The summed E-state index contributed by atoms with van der Waals surface area (Å²) in [6, 6.07) is 9.02. The van der Waals surface area contributed by atoms with Gasteiger partial charge in [0.25, 0.3) is 0 Å². The Kier molecular flexibility index (Phi) is 5.59. The molecule has 1 amide bonds. The second-order valence-corrected chi connectivity index (χ2v) is 7.10. The summed E-state index contributed by atoms with van der Waals surface area (Å²) in [5.41, 5.74) is 0.618. The average Bonchev–Trinajstić information content (AvgIpc) is 3.22. The van der Waals surface area contributed by atoms with Crippen molar-refractivity contribution in [3.63, 3.8) is 0 Å². The molecule has 2 atom stereocenters. The molecule has 1 aliphatic rings. The number of carbonyl (C=O) groups is 1. The lowest BCUT2D eigenvalue weighted by Gasteiger charge is -2.34. The molecular formula is C20H23N7O2. The van der Waals surface area contributed by atoms with Gasteiger partial charge in [0.05, 0.1) is 18.8 Å². The van der Waals surface area contributed by atoms with E-state index in [2.05, 4.69) is 30.3 Å². The van der Waals surface area contributed by atoms with Crippen molar-refractivity contribution in [1.29, 1.82) is 0 Å². The van der Waals surface area contributed by atoms with Crippen LogP contribution in [0.4, 0.5) is 5.82 Å². The molecule has 3 aromatic rings. The Balaban J connectivity index is 1.56. The highest BCUT2D eigenvalue weighted by atomic mass is 16.5. The number of anilines is 1. The van der Waals surface area contributed by atoms with Crippen LogP contribution in [0.2, 0.25) is 0 Å². The number of nitrogens with one attached hydrogen (secondary N) is 1. The minimum absolute atomic E-state index is 0.104. The van der Waals surface area contributed by atoms with Crippen molar-refractivity contribution < 1.29 is 9.53 Å². The second-order valence-electron chi connectivity index (χ2n) is 7.10. The lowest BCUT2D eigenvalue weighted by atomic mass is 10.2. The van der Waals surface area contributed by atoms with E-state index in [1.54, 1.807) is 29.3 Å². The first kappa shape index (κ1) is 19.2. The Labute approximate surface area is 168 Å². The minimum atomic E-state index is -0.136. The van der Waals surface area contributed by atoms with Gasteiger partial charge >= 0.3 is 0 Å². The fourth-order valence-corrected chi connectivity index (χ4v) is 3.43. The number of pyridine rings is 1. The first-order valence-corrected chi connectivity index (χ1v) is 9.55. The molecule has 1 aliphatic heterocycles. The molecule has 4 heterocycles. The highest BCUT2D eigenvalue weighted by Crippen LogP contribution is 2.18. The monoisotopic (exact) mass is 393 g/mol. The first-order valence-electron chi connectivity index (χ1n) is 9.55. The van der Waals surface area contributed by atoms with Crippen molar-refractivity contribution in [1.82, 2.24) is 29.6 Å². The summed E-state index contributed by atoms with van der Waals surface area (Å²) in [5, 5.41) is 7.11. The van der Waals surface area contributed by atoms with Crippen molar-refractivity contribution in [3.05, 3.63) is 48.9 Å². The van der Waals surface area contributed by atoms with Gasteiger partial charge in [0.15, 0.2) is 11.6 Å². The molecule has 9 nitrogen and oxygen atoms in total. The zero-order chi connectivity index (χ0) is 20.2. The van der Waals surface area contributed by atoms with Gasteiger partial charge in [-0.15, -0.1) is 0 Å². The van der Waals surface area contributed by atoms with Crippen LogP contribution in [0, 0.1) is 0 Å². The third kappa shape index (κ3) is 4.82. The van der Waals surface area contributed by atoms with Crippen molar-refractivity contribution in [2.45, 2.75) is 26.1 Å². The largest absolute Gasteiger partial charge is 0.373 e. The third-order valence-corrected chi connectivity index (χ3v) is 4.48. The minimum Gasteiger partial charge on any atom is -0.373 e. The maximum absolute atomic E-state index is 12.6. The molecule has 0 bridgehead atoms. The molecule has 150 valence electrons. The van der Waals surface area contributed by atoms with Crippen molar-refractivity contribution in [3.8, 4) is 17.3 Å². The normalized spacial score (nSPS) is 19.8. The van der Waals surface area contributed by atoms with E-state index in [0.29, 0.717) is 23.2 Å². The van der Waals surface area contributed by atoms with Crippen LogP contribution in [0.1, 0.15) is 13.8 Å². The molecule has 9 heteroatoms. The third-order valence-electron chi connectivity index (χ3n) is 4.48. The van der Waals surface area contributed by atoms with E-state index in [9.17, 15) is 4.79 Å². The standard InChI is InChI=1S/C20H23N7O2/c1-14-11-26(12-15(2)29-14)13-19(28)23-17-10-18(27-9-5-8-22-27)25-20(24-17)16-6-3-4-7-21-16/h3-10,14-15H,11-13H2,1-2H3,(H,23,24,25,28). The molecule has 0 spiro atoms. The summed E-state index contributed by atoms with van der Waals surface area (Å²) in [7, 11) is 0. The van der Waals surface area contributed by atoms with Crippen LogP contribution in [0.15, 0.2) is 48.9 Å². The van der Waals surface area contributed by atoms with Gasteiger partial charge in [-0.1, -0.05) is 6.07 Å². The molecular weight excluding hydrogens is 370 g/mol. The fraction of sp³-hybridized carbons (Fsp3) is 0.350. The summed E-state index contributed by atoms with van der Waals surface area (Å²) in [6.45, 7) is 5.75. The maximum atomic E-state index is 12.6. The number of ether oxygens (including phenoxy) is 1. The summed E-state index contributed by atoms with van der Waals surface area (Å²) >= 11 is 0. The number of hydrogen-bond donors (Lipinski definition) is 1. The highest BCUT2D eigenvalue weighted by Gasteiger charge is 2.24. The molecule has 29 heavy (non-hydrogen) atoms. The predicted octanol–water partition coefficient (Wildman–Crippen LogP) is 1.77. The van der Waals surface area contributed by atoms with Gasteiger partial charge in [-0.3, -0.25) is 14.7 Å². The van der Waals surface area contributed by atoms with Gasteiger partial charge in [-0.25, -0.2) is 14.6 Å². The quantitative estimate of drug-likeness (QED) is 0.705. The fourth-order valence-electron chi connectivity index (χ4n) is 3.43. The Morgan fingerprint density at radius 3 is 2.69 bits per heavy atom. The zero-order valence-corrected chi connectivity index (χ0v) is 16.4. The molecule has 0 aliphatic carbocycles. The Morgan fingerprint density at radius 2 is 2.00 bits per heavy atom. The summed E-state index contributed by atoms with van der Waals surface area (Å²) in [5.74, 6) is 1.24. The van der Waals surface area contributed by atoms with Gasteiger partial charge in [-0.05, 0) is 32.0 Å². The molecule has 1 N–H and O–H groups in total. The lowest BCUT2D eigenvalue weighted by molar-refractivity contribution is -0.121. The smallest absolute Gasteiger partial charge is 0.239 e. The van der Waals surface area contributed by atoms with E-state index in [-0.39, 0.29) is 24.7 Å². The predicted molar refractivity (Wildman–Crippen MR) is 107 cm³/mol. The summed E-state index contributed by atoms with van der Waals surface area (Å²) in [6.07, 6.45) is 5.34. The van der Waals surface area contributed by atoms with Gasteiger partial charge in [0, 0.05) is 37.7 Å². The van der Waals surface area contributed by atoms with Crippen LogP contribution in [0.3, 0.4) is 0 Å². The summed E-state index contributed by atoms with van der Waals surface area (Å²) in [4.78, 5) is 28.1. The molecule has 2 unspecified atom stereocenters. The number of morpholine rings is 1. The SMILES string of the molecule is CC1CN(CC(=O)Nc2cc(-n3cccn3)nc(-c3ccccn3)n2)CC(C)O1. The molecule has 0 saturated carbocycles. The van der Waals surface area contributed by atoms with Crippen LogP contribution in [0.25, 0.3) is 17.3 Å². The van der Waals surface area contributed by atoms with Crippen LogP contribution in [-0.2, 0) is 9.53 Å². The van der Waals surface area contributed by atoms with Crippen LogP contribution < -0.4 is 5.32 Å². The van der Waals surface area contributed by atoms with E-state index in [4.69, 9.17) is 4.74 Å². The molecule has 4 rings (SSSR count). The highest BCUT2D eigenvalue weighted by molar-refractivity contribution is 5.91. The molecule has 0 aromatic carbocycles. The average molecular weight is 393 g/mol. The van der Waals surface area contributed by atoms with E-state index in [1.165, 1.54) is 0 Å². The molecule has 3 aromatic heterocycles. The number of hydrogen-bond acceptors (Lipinski definition) is 7. The molecule has 1 fully saturated rings. The topological polar surface area (TPSA) is 98.1 Å². The number of aromatic nitrogens is 5. The Bertz CT molecular complexity index is 952. The van der Waals surface area contributed by atoms with Crippen LogP contribution in [-0.4, -0.2) is 67.4 Å². The van der Waals surface area contributed by atoms with E-state index >= 15 is 0 Å². The Morgan fingerprint density at radius 1 is 1.17 bits per heavy atom. The lowest BCUT2D eigenvalue weighted by Crippen LogP contribution is -2.48. The van der Waals surface area contributed by atoms with E-state index < -0.39 is 0 Å². The maximum Gasteiger partial charge on any atom is 0.239 e. The van der Waals surface area contributed by atoms with Gasteiger partial charge in [0.1, 0.15) is 11.5 Å². The summed E-state index contributed by atoms with van der Waals surface area (Å²) < 4.78 is 7.35. The number of rotatable bonds is 5. The van der Waals surface area contributed by atoms with Crippen LogP contribution >= 0.6 is 0 Å². The van der Waals surface area contributed by atoms with Crippen LogP contribution in [0.5, 0.6) is 0 Å². The number of amides is 1. The first-order chi connectivity index (χ1) is 14.1. The van der Waals surface area contributed by atoms with E-state index in [1.807, 2.05) is 38.1 Å². The second kappa shape index (κ2) is 8.46. The molecule has 1 saturated heterocycles. The van der Waals surface area contributed by atoms with E-state index in [0.717, 1.165) is 13.1 Å². The van der Waals surface area contributed by atoms with Crippen molar-refractivity contribution in [2.75, 3.05) is 25.0 Å². The van der Waals surface area contributed by atoms with Crippen molar-refractivity contribution in [2.24, 2.45) is 0 Å². The van der Waals surface area contributed by atoms with Gasteiger partial charge in [-0.2, -0.15) is 5.10 Å². The number of carbonyl (C=O) groups excluding carboxylic acids is 1. The Hall–Kier alpha value is -3.17. The number of nitrogens with zero attached hydrogens (tertiary/aromatic N) is 6. The zero-order valence-electron chi connectivity index (χ0n) is 16.4. The van der Waals surface area contributed by atoms with Gasteiger partial charge < -0.3 is 10.1 Å². The van der Waals surface area contributed by atoms with Crippen molar-refractivity contribution >= 4 is 11.7 Å².